The number of anilines is 1. The molecule has 5 fully saturated rings. The number of para-hydroxylation sites is 1. The first kappa shape index (κ1) is 16.4. The Morgan fingerprint density at radius 1 is 1.33 bits per heavy atom. The monoisotopic (exact) mass is 368 g/mol. The van der Waals surface area contributed by atoms with E-state index in [0.717, 1.165) is 19.3 Å². The second-order valence-electron chi connectivity index (χ2n) is 9.39. The maximum Gasteiger partial charge on any atom is 0.302 e. The summed E-state index contributed by atoms with van der Waals surface area (Å²) in [5.41, 5.74) is 2.49. The van der Waals surface area contributed by atoms with Crippen LogP contribution in [0.25, 0.3) is 0 Å². The summed E-state index contributed by atoms with van der Waals surface area (Å²) in [5.74, 6) is 0.897. The Kier molecular flexibility index (Phi) is 3.07. The molecule has 5 nitrogen and oxygen atoms in total. The highest BCUT2D eigenvalue weighted by atomic mass is 16.5. The summed E-state index contributed by atoms with van der Waals surface area (Å²) in [6, 6.07) is 9.60. The Hall–Kier alpha value is -1.59. The van der Waals surface area contributed by atoms with Crippen molar-refractivity contribution in [2.75, 3.05) is 11.9 Å². The average molecular weight is 368 g/mol. The number of rotatable bonds is 2. The molecule has 10 atom stereocenters. The minimum Gasteiger partial charge on any atom is -0.461 e. The SMILES string of the molecule is CC[C@@H]1[C@@H](O)N2[C@H]3CC45c6ccccc6N(C)[C@H]4[C@@H]2C[C@H]1C3C5OC(C)=O. The van der Waals surface area contributed by atoms with E-state index in [9.17, 15) is 9.90 Å². The van der Waals surface area contributed by atoms with Crippen molar-refractivity contribution in [1.29, 1.82) is 0 Å². The maximum absolute atomic E-state index is 12.2. The first-order valence-corrected chi connectivity index (χ1v) is 10.5. The Morgan fingerprint density at radius 2 is 2.11 bits per heavy atom. The number of esters is 1. The number of benzene rings is 1. The van der Waals surface area contributed by atoms with E-state index < -0.39 is 0 Å². The van der Waals surface area contributed by atoms with Crippen molar-refractivity contribution in [1.82, 2.24) is 4.90 Å². The summed E-state index contributed by atoms with van der Waals surface area (Å²) in [7, 11) is 2.19. The van der Waals surface area contributed by atoms with E-state index in [0.29, 0.717) is 23.9 Å². The molecule has 27 heavy (non-hydrogen) atoms. The van der Waals surface area contributed by atoms with E-state index in [1.54, 1.807) is 6.92 Å². The predicted molar refractivity (Wildman–Crippen MR) is 101 cm³/mol. The van der Waals surface area contributed by atoms with Gasteiger partial charge in [-0.1, -0.05) is 25.1 Å². The largest absolute Gasteiger partial charge is 0.461 e. The topological polar surface area (TPSA) is 53.0 Å². The van der Waals surface area contributed by atoms with Gasteiger partial charge >= 0.3 is 5.97 Å². The van der Waals surface area contributed by atoms with Crippen LogP contribution in [0.2, 0.25) is 0 Å². The molecule has 0 aromatic heterocycles. The lowest BCUT2D eigenvalue weighted by atomic mass is 9.62. The standard InChI is InChI=1S/C22H28N2O3/c1-4-12-13-9-16-19-22(14-7-5-6-8-15(14)23(19)3)10-17(24(16)21(12)26)18(13)20(22)27-11(2)25/h5-8,12-13,16-21,26H,4,9-10H2,1-3H3/t12-,13+,16-,17-,18?,19-,20?,21+,22?/m0/s1. The number of fused-ring (bicyclic) bond motifs is 2. The van der Waals surface area contributed by atoms with Crippen LogP contribution >= 0.6 is 0 Å². The summed E-state index contributed by atoms with van der Waals surface area (Å²) in [6.45, 7) is 3.74. The number of hydrogen-bond acceptors (Lipinski definition) is 5. The van der Waals surface area contributed by atoms with Crippen molar-refractivity contribution >= 4 is 11.7 Å². The zero-order chi connectivity index (χ0) is 18.7. The van der Waals surface area contributed by atoms with Crippen molar-refractivity contribution < 1.29 is 14.6 Å². The molecule has 7 rings (SSSR count). The number of likely N-dealkylation sites (N-methyl/N-ethyl adjacent to an activating group) is 1. The molecular formula is C22H28N2O3. The van der Waals surface area contributed by atoms with Gasteiger partial charge in [0.1, 0.15) is 12.3 Å². The van der Waals surface area contributed by atoms with Crippen LogP contribution < -0.4 is 4.90 Å². The molecule has 5 heterocycles. The Balaban J connectivity index is 1.60. The first-order valence-electron chi connectivity index (χ1n) is 10.5. The Morgan fingerprint density at radius 3 is 2.85 bits per heavy atom. The van der Waals surface area contributed by atoms with Gasteiger partial charge in [-0.05, 0) is 36.8 Å². The fourth-order valence-electron chi connectivity index (χ4n) is 8.21. The molecule has 6 aliphatic rings. The van der Waals surface area contributed by atoms with Gasteiger partial charge in [0.15, 0.2) is 0 Å². The van der Waals surface area contributed by atoms with Gasteiger partial charge in [0.05, 0.1) is 11.5 Å². The Bertz CT molecular complexity index is 828. The lowest BCUT2D eigenvalue weighted by molar-refractivity contribution is -0.212. The molecule has 1 N–H and O–H groups in total. The van der Waals surface area contributed by atoms with Crippen LogP contribution in [0.3, 0.4) is 0 Å². The van der Waals surface area contributed by atoms with E-state index in [1.165, 1.54) is 11.3 Å². The lowest BCUT2D eigenvalue weighted by Crippen LogP contribution is -2.72. The molecule has 1 spiro atoms. The number of hydrogen-bond donors (Lipinski definition) is 1. The molecule has 1 aromatic carbocycles. The van der Waals surface area contributed by atoms with E-state index in [1.807, 2.05) is 0 Å². The van der Waals surface area contributed by atoms with E-state index >= 15 is 0 Å². The minimum absolute atomic E-state index is 0.0855. The van der Waals surface area contributed by atoms with Gasteiger partial charge in [0, 0.05) is 43.6 Å². The third-order valence-corrected chi connectivity index (χ3v) is 8.72. The van der Waals surface area contributed by atoms with E-state index in [-0.39, 0.29) is 35.7 Å². The maximum atomic E-state index is 12.2. The smallest absolute Gasteiger partial charge is 0.302 e. The molecular weight excluding hydrogens is 340 g/mol. The van der Waals surface area contributed by atoms with Gasteiger partial charge in [-0.3, -0.25) is 9.69 Å². The highest BCUT2D eigenvalue weighted by Gasteiger charge is 2.77. The van der Waals surface area contributed by atoms with E-state index in [2.05, 4.69) is 48.0 Å². The molecule has 4 saturated heterocycles. The molecule has 5 heteroatoms. The fraction of sp³-hybridized carbons (Fsp3) is 0.682. The minimum atomic E-state index is -0.355. The van der Waals surface area contributed by atoms with Gasteiger partial charge in [0.2, 0.25) is 0 Å². The second-order valence-corrected chi connectivity index (χ2v) is 9.39. The van der Waals surface area contributed by atoms with Gasteiger partial charge < -0.3 is 14.7 Å². The number of carbonyl (C=O) groups excluding carboxylic acids is 1. The summed E-state index contributed by atoms with van der Waals surface area (Å²) in [4.78, 5) is 17.0. The van der Waals surface area contributed by atoms with Gasteiger partial charge in [-0.2, -0.15) is 0 Å². The second kappa shape index (κ2) is 5.06. The molecule has 144 valence electrons. The number of piperidine rings is 4. The van der Waals surface area contributed by atoms with Crippen molar-refractivity contribution in [2.24, 2.45) is 17.8 Å². The van der Waals surface area contributed by atoms with Crippen LogP contribution in [0.1, 0.15) is 38.7 Å². The van der Waals surface area contributed by atoms with Gasteiger partial charge in [-0.25, -0.2) is 0 Å². The van der Waals surface area contributed by atoms with Crippen molar-refractivity contribution in [3.8, 4) is 0 Å². The number of carbonyl (C=O) groups is 1. The molecule has 5 aliphatic heterocycles. The zero-order valence-corrected chi connectivity index (χ0v) is 16.2. The van der Waals surface area contributed by atoms with Crippen LogP contribution in [-0.2, 0) is 14.9 Å². The van der Waals surface area contributed by atoms with Gasteiger partial charge in [-0.15, -0.1) is 0 Å². The molecule has 0 amide bonds. The fourth-order valence-corrected chi connectivity index (χ4v) is 8.21. The van der Waals surface area contributed by atoms with Crippen LogP contribution in [0.5, 0.6) is 0 Å². The molecule has 5 bridgehead atoms. The summed E-state index contributed by atoms with van der Waals surface area (Å²) < 4.78 is 6.17. The summed E-state index contributed by atoms with van der Waals surface area (Å²) in [5, 5.41) is 11.2. The Labute approximate surface area is 160 Å². The molecule has 1 aliphatic carbocycles. The number of aliphatic hydroxyl groups excluding tert-OH is 1. The van der Waals surface area contributed by atoms with Crippen LogP contribution in [0.15, 0.2) is 24.3 Å². The molecule has 1 saturated carbocycles. The first-order chi connectivity index (χ1) is 13.0. The van der Waals surface area contributed by atoms with Crippen LogP contribution in [0.4, 0.5) is 5.69 Å². The van der Waals surface area contributed by atoms with Gasteiger partial charge in [0.25, 0.3) is 0 Å². The predicted octanol–water partition coefficient (Wildman–Crippen LogP) is 2.13. The average Bonchev–Trinajstić information content (AvgIpc) is 3.04. The zero-order valence-electron chi connectivity index (χ0n) is 16.2. The summed E-state index contributed by atoms with van der Waals surface area (Å²) in [6.07, 6.45) is 2.64. The lowest BCUT2D eigenvalue weighted by Gasteiger charge is -2.62. The normalized spacial score (nSPS) is 50.7. The quantitative estimate of drug-likeness (QED) is 0.811. The summed E-state index contributed by atoms with van der Waals surface area (Å²) >= 11 is 0. The third kappa shape index (κ3) is 1.64. The van der Waals surface area contributed by atoms with E-state index in [4.69, 9.17) is 4.74 Å². The molecule has 1 aromatic rings. The van der Waals surface area contributed by atoms with Crippen LogP contribution in [0, 0.1) is 17.8 Å². The number of ether oxygens (including phenoxy) is 1. The van der Waals surface area contributed by atoms with Crippen molar-refractivity contribution in [3.63, 3.8) is 0 Å². The highest BCUT2D eigenvalue weighted by molar-refractivity contribution is 5.70. The highest BCUT2D eigenvalue weighted by Crippen LogP contribution is 2.69. The number of nitrogens with zero attached hydrogens (tertiary/aromatic N) is 2. The third-order valence-electron chi connectivity index (χ3n) is 8.72. The molecule has 4 unspecified atom stereocenters. The number of aliphatic hydroxyl groups is 1. The van der Waals surface area contributed by atoms with Crippen molar-refractivity contribution in [2.45, 2.75) is 69.0 Å². The molecule has 0 radical (unpaired) electrons. The van der Waals surface area contributed by atoms with Crippen molar-refractivity contribution in [3.05, 3.63) is 29.8 Å². The van der Waals surface area contributed by atoms with Crippen LogP contribution in [-0.4, -0.2) is 53.5 Å².